The van der Waals surface area contributed by atoms with Gasteiger partial charge in [0.25, 0.3) is 0 Å². The molecule has 0 spiro atoms. The Bertz CT molecular complexity index is 1160. The zero-order valence-corrected chi connectivity index (χ0v) is 16.3. The minimum absolute atomic E-state index is 0.00214. The summed E-state index contributed by atoms with van der Waals surface area (Å²) in [6.07, 6.45) is 0. The maximum Gasteiger partial charge on any atom is 0.232 e. The van der Waals surface area contributed by atoms with Crippen LogP contribution in [0, 0.1) is 6.92 Å². The monoisotopic (exact) mass is 382 g/mol. The lowest BCUT2D eigenvalue weighted by molar-refractivity contribution is -0.121. The fraction of sp³-hybridized carbons (Fsp3) is 0.160. The standard InChI is InChI=1S/C25H22N2O2/c1-17-16-18-8-2-5-11-21(18)27(17)15-14-26-25(28)24-19-9-3-6-12-22(19)29-23-13-7-4-10-20(23)24/h2-13,16,24H,14-15H2,1H3,(H,26,28). The third-order valence-corrected chi connectivity index (χ3v) is 5.59. The van der Waals surface area contributed by atoms with Gasteiger partial charge in [0, 0.05) is 35.4 Å². The second kappa shape index (κ2) is 7.13. The number of hydrogen-bond donors (Lipinski definition) is 1. The van der Waals surface area contributed by atoms with Crippen molar-refractivity contribution in [3.8, 4) is 11.5 Å². The molecule has 0 bridgehead atoms. The van der Waals surface area contributed by atoms with E-state index in [0.717, 1.165) is 29.2 Å². The van der Waals surface area contributed by atoms with Gasteiger partial charge in [-0.2, -0.15) is 0 Å². The van der Waals surface area contributed by atoms with Crippen LogP contribution in [0.5, 0.6) is 11.5 Å². The predicted molar refractivity (Wildman–Crippen MR) is 114 cm³/mol. The number of amides is 1. The molecule has 1 aliphatic heterocycles. The number of nitrogens with zero attached hydrogens (tertiary/aromatic N) is 1. The molecule has 0 radical (unpaired) electrons. The van der Waals surface area contributed by atoms with Crippen LogP contribution >= 0.6 is 0 Å². The fourth-order valence-corrected chi connectivity index (χ4v) is 4.23. The minimum atomic E-state index is -0.362. The van der Waals surface area contributed by atoms with Crippen LogP contribution in [0.15, 0.2) is 78.9 Å². The van der Waals surface area contributed by atoms with Crippen molar-refractivity contribution in [1.29, 1.82) is 0 Å². The van der Waals surface area contributed by atoms with Gasteiger partial charge in [0.1, 0.15) is 11.5 Å². The third kappa shape index (κ3) is 3.07. The Kier molecular flexibility index (Phi) is 4.32. The van der Waals surface area contributed by atoms with Crippen LogP contribution in [0.3, 0.4) is 0 Å². The summed E-state index contributed by atoms with van der Waals surface area (Å²) in [7, 11) is 0. The van der Waals surface area contributed by atoms with Crippen molar-refractivity contribution in [2.24, 2.45) is 0 Å². The molecule has 4 aromatic rings. The summed E-state index contributed by atoms with van der Waals surface area (Å²) >= 11 is 0. The first-order valence-electron chi connectivity index (χ1n) is 9.90. The zero-order valence-electron chi connectivity index (χ0n) is 16.3. The molecule has 0 saturated heterocycles. The summed E-state index contributed by atoms with van der Waals surface area (Å²) in [5, 5.41) is 4.37. The van der Waals surface area contributed by atoms with Crippen LogP contribution in [0.2, 0.25) is 0 Å². The first kappa shape index (κ1) is 17.6. The highest BCUT2D eigenvalue weighted by Gasteiger charge is 2.32. The average Bonchev–Trinajstić information content (AvgIpc) is 3.07. The maximum atomic E-state index is 13.2. The second-order valence-electron chi connectivity index (χ2n) is 7.40. The Morgan fingerprint density at radius 3 is 2.28 bits per heavy atom. The molecule has 4 nitrogen and oxygen atoms in total. The highest BCUT2D eigenvalue weighted by molar-refractivity contribution is 5.89. The summed E-state index contributed by atoms with van der Waals surface area (Å²) in [6.45, 7) is 3.41. The Morgan fingerprint density at radius 2 is 1.55 bits per heavy atom. The molecule has 0 unspecified atom stereocenters. The van der Waals surface area contributed by atoms with Gasteiger partial charge < -0.3 is 14.6 Å². The minimum Gasteiger partial charge on any atom is -0.457 e. The SMILES string of the molecule is Cc1cc2ccccc2n1CCNC(=O)C1c2ccccc2Oc2ccccc21. The molecule has 1 aliphatic rings. The molecule has 4 heteroatoms. The van der Waals surface area contributed by atoms with Crippen molar-refractivity contribution in [1.82, 2.24) is 9.88 Å². The molecule has 0 atom stereocenters. The normalized spacial score (nSPS) is 12.9. The molecule has 0 aliphatic carbocycles. The van der Waals surface area contributed by atoms with Crippen molar-refractivity contribution >= 4 is 16.8 Å². The number of carbonyl (C=O) groups is 1. The van der Waals surface area contributed by atoms with Gasteiger partial charge in [0.05, 0.1) is 5.92 Å². The van der Waals surface area contributed by atoms with E-state index in [4.69, 9.17) is 4.74 Å². The number of para-hydroxylation sites is 3. The number of hydrogen-bond acceptors (Lipinski definition) is 2. The number of aryl methyl sites for hydroxylation is 1. The number of nitrogens with one attached hydrogen (secondary N) is 1. The average molecular weight is 382 g/mol. The predicted octanol–water partition coefficient (Wildman–Crippen LogP) is 5.00. The molecule has 0 saturated carbocycles. The lowest BCUT2D eigenvalue weighted by atomic mass is 9.87. The van der Waals surface area contributed by atoms with Crippen molar-refractivity contribution in [2.75, 3.05) is 6.54 Å². The summed E-state index contributed by atoms with van der Waals surface area (Å²) in [6, 6.07) is 26.1. The van der Waals surface area contributed by atoms with Gasteiger partial charge in [-0.3, -0.25) is 4.79 Å². The zero-order chi connectivity index (χ0) is 19.8. The van der Waals surface area contributed by atoms with Crippen molar-refractivity contribution < 1.29 is 9.53 Å². The molecule has 2 heterocycles. The number of rotatable bonds is 4. The summed E-state index contributed by atoms with van der Waals surface area (Å²) in [5.74, 6) is 1.14. The summed E-state index contributed by atoms with van der Waals surface area (Å²) < 4.78 is 8.25. The Balaban J connectivity index is 1.38. The summed E-state index contributed by atoms with van der Waals surface area (Å²) in [4.78, 5) is 13.2. The number of fused-ring (bicyclic) bond motifs is 3. The Labute approximate surface area is 169 Å². The van der Waals surface area contributed by atoms with E-state index < -0.39 is 0 Å². The van der Waals surface area contributed by atoms with Crippen molar-refractivity contribution in [3.05, 3.63) is 95.7 Å². The highest BCUT2D eigenvalue weighted by Crippen LogP contribution is 2.43. The van der Waals surface area contributed by atoms with Crippen LogP contribution in [-0.2, 0) is 11.3 Å². The summed E-state index contributed by atoms with van der Waals surface area (Å²) in [5.41, 5.74) is 4.21. The molecule has 1 amide bonds. The van der Waals surface area contributed by atoms with Crippen LogP contribution < -0.4 is 10.1 Å². The van der Waals surface area contributed by atoms with Gasteiger partial charge in [-0.15, -0.1) is 0 Å². The van der Waals surface area contributed by atoms with E-state index in [-0.39, 0.29) is 11.8 Å². The van der Waals surface area contributed by atoms with E-state index in [2.05, 4.69) is 35.0 Å². The molecular weight excluding hydrogens is 360 g/mol. The fourth-order valence-electron chi connectivity index (χ4n) is 4.23. The lowest BCUT2D eigenvalue weighted by Crippen LogP contribution is -2.33. The first-order chi connectivity index (χ1) is 14.2. The second-order valence-corrected chi connectivity index (χ2v) is 7.40. The highest BCUT2D eigenvalue weighted by atomic mass is 16.5. The van der Waals surface area contributed by atoms with Gasteiger partial charge in [-0.25, -0.2) is 0 Å². The number of benzene rings is 3. The third-order valence-electron chi connectivity index (χ3n) is 5.59. The van der Waals surface area contributed by atoms with Crippen molar-refractivity contribution in [3.63, 3.8) is 0 Å². The van der Waals surface area contributed by atoms with E-state index in [1.165, 1.54) is 16.6 Å². The Morgan fingerprint density at radius 1 is 0.931 bits per heavy atom. The van der Waals surface area contributed by atoms with Gasteiger partial charge in [0.15, 0.2) is 0 Å². The number of ether oxygens (including phenoxy) is 1. The van der Waals surface area contributed by atoms with E-state index in [1.54, 1.807) is 0 Å². The van der Waals surface area contributed by atoms with E-state index >= 15 is 0 Å². The topological polar surface area (TPSA) is 43.3 Å². The van der Waals surface area contributed by atoms with Gasteiger partial charge in [-0.1, -0.05) is 54.6 Å². The molecular formula is C25H22N2O2. The van der Waals surface area contributed by atoms with Crippen LogP contribution in [0.1, 0.15) is 22.7 Å². The van der Waals surface area contributed by atoms with Crippen LogP contribution in [0.25, 0.3) is 10.9 Å². The number of carbonyl (C=O) groups excluding carboxylic acids is 1. The molecule has 144 valence electrons. The molecule has 1 N–H and O–H groups in total. The smallest absolute Gasteiger partial charge is 0.232 e. The first-order valence-corrected chi connectivity index (χ1v) is 9.90. The van der Waals surface area contributed by atoms with Crippen LogP contribution in [0.4, 0.5) is 0 Å². The van der Waals surface area contributed by atoms with E-state index in [1.807, 2.05) is 60.7 Å². The molecule has 0 fully saturated rings. The molecule has 3 aromatic carbocycles. The van der Waals surface area contributed by atoms with E-state index in [9.17, 15) is 4.79 Å². The molecule has 29 heavy (non-hydrogen) atoms. The van der Waals surface area contributed by atoms with Gasteiger partial charge in [-0.05, 0) is 36.6 Å². The van der Waals surface area contributed by atoms with Gasteiger partial charge in [0.2, 0.25) is 5.91 Å². The maximum absolute atomic E-state index is 13.2. The van der Waals surface area contributed by atoms with Crippen molar-refractivity contribution in [2.45, 2.75) is 19.4 Å². The number of aromatic nitrogens is 1. The molecule has 1 aromatic heterocycles. The van der Waals surface area contributed by atoms with Crippen LogP contribution in [-0.4, -0.2) is 17.0 Å². The molecule has 5 rings (SSSR count). The Hall–Kier alpha value is -3.53. The van der Waals surface area contributed by atoms with E-state index in [0.29, 0.717) is 6.54 Å². The largest absolute Gasteiger partial charge is 0.457 e. The quantitative estimate of drug-likeness (QED) is 0.539. The van der Waals surface area contributed by atoms with Gasteiger partial charge >= 0.3 is 0 Å². The lowest BCUT2D eigenvalue weighted by Gasteiger charge is -2.27.